The van der Waals surface area contributed by atoms with E-state index in [1.807, 2.05) is 70.1 Å². The molecule has 1 aromatic carbocycles. The van der Waals surface area contributed by atoms with Crippen molar-refractivity contribution in [3.8, 4) is 0 Å². The van der Waals surface area contributed by atoms with Crippen LogP contribution < -0.4 is 19.7 Å². The fraction of sp³-hybridized carbons (Fsp3) is 0.368. The summed E-state index contributed by atoms with van der Waals surface area (Å²) in [5.74, 6) is 0.0150. The Balaban J connectivity index is 2.49. The van der Waals surface area contributed by atoms with Crippen LogP contribution in [0.3, 0.4) is 0 Å². The summed E-state index contributed by atoms with van der Waals surface area (Å²) < 4.78 is 2.84. The largest absolute Gasteiger partial charge is 0.378 e. The van der Waals surface area contributed by atoms with Gasteiger partial charge in [-0.1, -0.05) is 32.9 Å². The van der Waals surface area contributed by atoms with Gasteiger partial charge in [-0.25, -0.2) is 0 Å². The highest BCUT2D eigenvalue weighted by atomic mass is 32.1. The van der Waals surface area contributed by atoms with Crippen LogP contribution in [-0.2, 0) is 11.8 Å². The Kier molecular flexibility index (Phi) is 5.13. The molecule has 0 N–H and O–H groups in total. The standard InChI is InChI=1S/C19H24N2O2S/c1-19(2,3)16(22)12-17-21(6)18(23)15(24-17)11-13-7-9-14(10-8-13)20(4)5/h7-12H,1-6H3. The second kappa shape index (κ2) is 6.77. The number of ketones is 1. The average molecular weight is 344 g/mol. The van der Waals surface area contributed by atoms with Crippen LogP contribution >= 0.6 is 11.3 Å². The predicted octanol–water partition coefficient (Wildman–Crippen LogP) is 1.74. The highest BCUT2D eigenvalue weighted by Gasteiger charge is 2.19. The van der Waals surface area contributed by atoms with Crippen LogP contribution in [0.25, 0.3) is 12.2 Å². The maximum Gasteiger partial charge on any atom is 0.268 e. The summed E-state index contributed by atoms with van der Waals surface area (Å²) in [5.41, 5.74) is 1.54. The summed E-state index contributed by atoms with van der Waals surface area (Å²) in [7, 11) is 5.68. The molecule has 0 aliphatic heterocycles. The molecule has 0 amide bonds. The number of nitrogens with zero attached hydrogens (tertiary/aromatic N) is 2. The van der Waals surface area contributed by atoms with E-state index in [1.54, 1.807) is 13.1 Å². The second-order valence-electron chi connectivity index (χ2n) is 7.06. The molecule has 0 unspecified atom stereocenters. The van der Waals surface area contributed by atoms with E-state index in [4.69, 9.17) is 0 Å². The van der Waals surface area contributed by atoms with Crippen molar-refractivity contribution in [2.45, 2.75) is 20.8 Å². The zero-order valence-electron chi connectivity index (χ0n) is 15.1. The van der Waals surface area contributed by atoms with Crippen molar-refractivity contribution in [2.24, 2.45) is 12.5 Å². The van der Waals surface area contributed by atoms with Crippen molar-refractivity contribution in [3.05, 3.63) is 49.4 Å². The van der Waals surface area contributed by atoms with Gasteiger partial charge in [0.1, 0.15) is 4.66 Å². The summed E-state index contributed by atoms with van der Waals surface area (Å²) in [5, 5.41) is 0. The third-order valence-electron chi connectivity index (χ3n) is 3.76. The Bertz CT molecular complexity index is 910. The molecule has 24 heavy (non-hydrogen) atoms. The van der Waals surface area contributed by atoms with E-state index in [2.05, 4.69) is 0 Å². The number of thiazole rings is 1. The van der Waals surface area contributed by atoms with E-state index >= 15 is 0 Å². The Labute approximate surface area is 146 Å². The molecule has 0 saturated carbocycles. The Morgan fingerprint density at radius 1 is 1.17 bits per heavy atom. The van der Waals surface area contributed by atoms with Gasteiger partial charge in [0.05, 0.1) is 4.53 Å². The second-order valence-corrected chi connectivity index (χ2v) is 8.12. The number of aromatic nitrogens is 1. The number of hydrogen-bond acceptors (Lipinski definition) is 4. The first-order chi connectivity index (χ1) is 11.1. The molecule has 2 aromatic rings. The van der Waals surface area contributed by atoms with Gasteiger partial charge in [-0.2, -0.15) is 0 Å². The smallest absolute Gasteiger partial charge is 0.268 e. The van der Waals surface area contributed by atoms with Gasteiger partial charge in [-0.05, 0) is 23.8 Å². The zero-order chi connectivity index (χ0) is 18.1. The number of carbonyl (C=O) groups is 1. The predicted molar refractivity (Wildman–Crippen MR) is 102 cm³/mol. The van der Waals surface area contributed by atoms with Crippen molar-refractivity contribution in [3.63, 3.8) is 0 Å². The molecule has 1 heterocycles. The third-order valence-corrected chi connectivity index (χ3v) is 4.87. The van der Waals surface area contributed by atoms with Crippen molar-refractivity contribution in [1.82, 2.24) is 4.57 Å². The van der Waals surface area contributed by atoms with Gasteiger partial charge in [0, 0.05) is 38.3 Å². The van der Waals surface area contributed by atoms with Crippen LogP contribution in [0.2, 0.25) is 0 Å². The SMILES string of the molecule is CN(C)c1ccc(C=c2sc(=CC(=O)C(C)(C)C)n(C)c2=O)cc1. The minimum absolute atomic E-state index is 0.0150. The van der Waals surface area contributed by atoms with Crippen LogP contribution in [0.15, 0.2) is 29.1 Å². The fourth-order valence-electron chi connectivity index (χ4n) is 2.06. The molecule has 0 saturated heterocycles. The summed E-state index contributed by atoms with van der Waals surface area (Å²) in [6.07, 6.45) is 3.43. The van der Waals surface area contributed by atoms with Crippen molar-refractivity contribution < 1.29 is 4.79 Å². The summed E-state index contributed by atoms with van der Waals surface area (Å²) in [6, 6.07) is 8.00. The molecule has 0 aliphatic rings. The zero-order valence-corrected chi connectivity index (χ0v) is 15.9. The summed E-state index contributed by atoms with van der Waals surface area (Å²) in [6.45, 7) is 5.62. The molecular weight excluding hydrogens is 320 g/mol. The van der Waals surface area contributed by atoms with Crippen LogP contribution in [0.5, 0.6) is 0 Å². The molecule has 0 spiro atoms. The fourth-order valence-corrected chi connectivity index (χ4v) is 3.09. The highest BCUT2D eigenvalue weighted by Crippen LogP contribution is 2.15. The molecule has 2 rings (SSSR count). The van der Waals surface area contributed by atoms with Crippen LogP contribution in [0, 0.1) is 5.41 Å². The maximum absolute atomic E-state index is 12.4. The van der Waals surface area contributed by atoms with E-state index in [1.165, 1.54) is 15.9 Å². The normalized spacial score (nSPS) is 13.4. The molecule has 128 valence electrons. The van der Waals surface area contributed by atoms with Gasteiger partial charge in [-0.15, -0.1) is 11.3 Å². The number of anilines is 1. The quantitative estimate of drug-likeness (QED) is 0.852. The molecule has 0 aliphatic carbocycles. The van der Waals surface area contributed by atoms with Crippen LogP contribution in [0.4, 0.5) is 5.69 Å². The molecule has 1 aromatic heterocycles. The van der Waals surface area contributed by atoms with Gasteiger partial charge < -0.3 is 9.47 Å². The lowest BCUT2D eigenvalue weighted by Gasteiger charge is -2.12. The van der Waals surface area contributed by atoms with E-state index in [9.17, 15) is 9.59 Å². The van der Waals surface area contributed by atoms with Crippen LogP contribution in [0.1, 0.15) is 26.3 Å². The van der Waals surface area contributed by atoms with Gasteiger partial charge in [0.25, 0.3) is 5.56 Å². The lowest BCUT2D eigenvalue weighted by atomic mass is 9.91. The third kappa shape index (κ3) is 4.03. The molecule has 5 heteroatoms. The van der Waals surface area contributed by atoms with Crippen molar-refractivity contribution in [1.29, 1.82) is 0 Å². The first-order valence-electron chi connectivity index (χ1n) is 7.81. The highest BCUT2D eigenvalue weighted by molar-refractivity contribution is 7.07. The number of carbonyl (C=O) groups excluding carboxylic acids is 1. The van der Waals surface area contributed by atoms with Gasteiger partial charge in [-0.3, -0.25) is 9.59 Å². The molecular formula is C19H24N2O2S. The van der Waals surface area contributed by atoms with Crippen molar-refractivity contribution in [2.75, 3.05) is 19.0 Å². The molecule has 0 atom stereocenters. The van der Waals surface area contributed by atoms with E-state index in [0.29, 0.717) is 9.20 Å². The van der Waals surface area contributed by atoms with E-state index in [-0.39, 0.29) is 11.3 Å². The lowest BCUT2D eigenvalue weighted by molar-refractivity contribution is -0.120. The Morgan fingerprint density at radius 3 is 2.25 bits per heavy atom. The van der Waals surface area contributed by atoms with E-state index < -0.39 is 5.41 Å². The Hall–Kier alpha value is -2.14. The topological polar surface area (TPSA) is 42.3 Å². The first kappa shape index (κ1) is 18.2. The Morgan fingerprint density at radius 2 is 1.75 bits per heavy atom. The molecule has 0 fully saturated rings. The number of benzene rings is 1. The number of Topliss-reactive ketones (excluding diaryl/α,β-unsaturated/α-hetero) is 1. The molecule has 4 nitrogen and oxygen atoms in total. The van der Waals surface area contributed by atoms with Crippen molar-refractivity contribution >= 4 is 35.0 Å². The number of hydrogen-bond donors (Lipinski definition) is 0. The van der Waals surface area contributed by atoms with Gasteiger partial charge in [0.15, 0.2) is 5.78 Å². The molecule has 0 radical (unpaired) electrons. The molecule has 0 bridgehead atoms. The minimum Gasteiger partial charge on any atom is -0.378 e. The first-order valence-corrected chi connectivity index (χ1v) is 8.62. The van der Waals surface area contributed by atoms with Gasteiger partial charge in [0.2, 0.25) is 0 Å². The maximum atomic E-state index is 12.4. The van der Waals surface area contributed by atoms with Crippen LogP contribution in [-0.4, -0.2) is 24.4 Å². The summed E-state index contributed by atoms with van der Waals surface area (Å²) in [4.78, 5) is 26.6. The van der Waals surface area contributed by atoms with Gasteiger partial charge >= 0.3 is 0 Å². The minimum atomic E-state index is -0.452. The lowest BCUT2D eigenvalue weighted by Crippen LogP contribution is -2.30. The monoisotopic (exact) mass is 344 g/mol. The average Bonchev–Trinajstić information content (AvgIpc) is 2.75. The summed E-state index contributed by atoms with van der Waals surface area (Å²) >= 11 is 1.34. The number of rotatable bonds is 3. The van der Waals surface area contributed by atoms with E-state index in [0.717, 1.165) is 11.3 Å².